The fourth-order valence-corrected chi connectivity index (χ4v) is 1.17. The van der Waals surface area contributed by atoms with E-state index >= 15 is 0 Å². The van der Waals surface area contributed by atoms with Gasteiger partial charge in [0.25, 0.3) is 0 Å². The van der Waals surface area contributed by atoms with Crippen molar-refractivity contribution in [3.05, 3.63) is 29.1 Å². The van der Waals surface area contributed by atoms with Gasteiger partial charge in [-0.1, -0.05) is 0 Å². The lowest BCUT2D eigenvalue weighted by Crippen LogP contribution is -2.19. The molecule has 1 aromatic rings. The van der Waals surface area contributed by atoms with Gasteiger partial charge in [-0.25, -0.2) is 9.18 Å². The second-order valence-corrected chi connectivity index (χ2v) is 2.98. The molecule has 1 aromatic carbocycles. The van der Waals surface area contributed by atoms with Crippen molar-refractivity contribution >= 4 is 5.97 Å². The molecule has 0 N–H and O–H groups in total. The van der Waals surface area contributed by atoms with Crippen LogP contribution < -0.4 is 4.74 Å². The van der Waals surface area contributed by atoms with E-state index in [2.05, 4.69) is 9.47 Å². The van der Waals surface area contributed by atoms with Crippen molar-refractivity contribution in [3.8, 4) is 11.8 Å². The third kappa shape index (κ3) is 3.10. The maximum absolute atomic E-state index is 13.1. The maximum atomic E-state index is 13.1. The molecule has 0 aliphatic carbocycles. The molecule has 96 valence electrons. The molecule has 8 heteroatoms. The summed E-state index contributed by atoms with van der Waals surface area (Å²) in [7, 11) is 0.943. The minimum absolute atomic E-state index is 0.360. The molecule has 0 aromatic heterocycles. The van der Waals surface area contributed by atoms with Gasteiger partial charge in [0, 0.05) is 6.07 Å². The molecule has 0 heterocycles. The summed E-state index contributed by atoms with van der Waals surface area (Å²) in [5, 5.41) is 8.70. The monoisotopic (exact) mass is 263 g/mol. The third-order valence-corrected chi connectivity index (χ3v) is 1.81. The Morgan fingerprint density at radius 2 is 2.00 bits per heavy atom. The number of carbonyl (C=O) groups is 1. The Labute approximate surface area is 98.3 Å². The Kier molecular flexibility index (Phi) is 3.76. The summed E-state index contributed by atoms with van der Waals surface area (Å²) in [6.07, 6.45) is -5.10. The van der Waals surface area contributed by atoms with Crippen LogP contribution in [0.2, 0.25) is 0 Å². The Hall–Kier alpha value is -2.30. The normalized spacial score (nSPS) is 10.7. The van der Waals surface area contributed by atoms with E-state index in [9.17, 15) is 22.4 Å². The summed E-state index contributed by atoms with van der Waals surface area (Å²) in [5.41, 5.74) is -1.39. The van der Waals surface area contributed by atoms with Crippen molar-refractivity contribution in [2.45, 2.75) is 6.36 Å². The number of hydrogen-bond acceptors (Lipinski definition) is 4. The number of benzene rings is 1. The van der Waals surface area contributed by atoms with Crippen LogP contribution in [0.25, 0.3) is 0 Å². The Morgan fingerprint density at radius 1 is 1.39 bits per heavy atom. The highest BCUT2D eigenvalue weighted by Gasteiger charge is 2.33. The minimum atomic E-state index is -5.10. The second-order valence-electron chi connectivity index (χ2n) is 2.98. The average Bonchev–Trinajstić information content (AvgIpc) is 2.25. The number of ether oxygens (including phenoxy) is 2. The van der Waals surface area contributed by atoms with E-state index < -0.39 is 35.0 Å². The fraction of sp³-hybridized carbons (Fsp3) is 0.200. The largest absolute Gasteiger partial charge is 0.573 e. The van der Waals surface area contributed by atoms with Gasteiger partial charge in [-0.15, -0.1) is 13.2 Å². The summed E-state index contributed by atoms with van der Waals surface area (Å²) >= 11 is 0. The average molecular weight is 263 g/mol. The van der Waals surface area contributed by atoms with Gasteiger partial charge in [-0.05, 0) is 6.07 Å². The van der Waals surface area contributed by atoms with Gasteiger partial charge in [0.15, 0.2) is 5.75 Å². The van der Waals surface area contributed by atoms with Gasteiger partial charge < -0.3 is 9.47 Å². The number of carbonyl (C=O) groups excluding carboxylic acids is 1. The summed E-state index contributed by atoms with van der Waals surface area (Å²) in [6, 6.07) is 2.29. The van der Waals surface area contributed by atoms with Crippen molar-refractivity contribution in [3.63, 3.8) is 0 Å². The van der Waals surface area contributed by atoms with E-state index in [1.807, 2.05) is 0 Å². The fourth-order valence-electron chi connectivity index (χ4n) is 1.17. The molecule has 0 bridgehead atoms. The highest BCUT2D eigenvalue weighted by molar-refractivity contribution is 5.93. The van der Waals surface area contributed by atoms with Crippen LogP contribution in [0, 0.1) is 17.1 Å². The first-order chi connectivity index (χ1) is 8.28. The molecule has 0 aliphatic heterocycles. The molecule has 0 unspecified atom stereocenters. The van der Waals surface area contributed by atoms with Gasteiger partial charge in [0.05, 0.1) is 12.7 Å². The van der Waals surface area contributed by atoms with Crippen LogP contribution in [0.15, 0.2) is 12.1 Å². The van der Waals surface area contributed by atoms with Crippen molar-refractivity contribution in [1.82, 2.24) is 0 Å². The van der Waals surface area contributed by atoms with Crippen LogP contribution in [0.4, 0.5) is 17.6 Å². The number of nitriles is 1. The zero-order chi connectivity index (χ0) is 13.9. The lowest BCUT2D eigenvalue weighted by atomic mass is 10.1. The van der Waals surface area contributed by atoms with Crippen LogP contribution in [0.5, 0.6) is 5.75 Å². The van der Waals surface area contributed by atoms with E-state index in [1.165, 1.54) is 6.07 Å². The first-order valence-corrected chi connectivity index (χ1v) is 4.36. The van der Waals surface area contributed by atoms with Crippen molar-refractivity contribution in [2.24, 2.45) is 0 Å². The Bertz CT molecular complexity index is 519. The van der Waals surface area contributed by atoms with Gasteiger partial charge in [0.1, 0.15) is 17.4 Å². The molecule has 0 fully saturated rings. The third-order valence-electron chi connectivity index (χ3n) is 1.81. The Balaban J connectivity index is 3.39. The predicted molar refractivity (Wildman–Crippen MR) is 49.1 cm³/mol. The second kappa shape index (κ2) is 4.91. The van der Waals surface area contributed by atoms with E-state index in [0.717, 1.165) is 7.11 Å². The topological polar surface area (TPSA) is 59.3 Å². The lowest BCUT2D eigenvalue weighted by Gasteiger charge is -2.12. The molecule has 0 aliphatic rings. The highest BCUT2D eigenvalue weighted by atomic mass is 19.4. The SMILES string of the molecule is COC(=O)c1cc(F)cc(OC(F)(F)F)c1C#N. The number of esters is 1. The predicted octanol–water partition coefficient (Wildman–Crippen LogP) is 2.38. The Morgan fingerprint density at radius 3 is 2.44 bits per heavy atom. The molecule has 0 spiro atoms. The van der Waals surface area contributed by atoms with Gasteiger partial charge >= 0.3 is 12.3 Å². The summed E-state index contributed by atoms with van der Waals surface area (Å²) in [6.45, 7) is 0. The molecule has 0 atom stereocenters. The molecule has 0 saturated carbocycles. The number of methoxy groups -OCH3 is 1. The van der Waals surface area contributed by atoms with Gasteiger partial charge in [-0.3, -0.25) is 0 Å². The van der Waals surface area contributed by atoms with E-state index in [0.29, 0.717) is 12.1 Å². The van der Waals surface area contributed by atoms with Crippen LogP contribution in [0.1, 0.15) is 15.9 Å². The van der Waals surface area contributed by atoms with Crippen LogP contribution in [-0.2, 0) is 4.74 Å². The zero-order valence-corrected chi connectivity index (χ0v) is 8.84. The molecular formula is C10H5F4NO3. The molecule has 0 saturated heterocycles. The molecule has 4 nitrogen and oxygen atoms in total. The minimum Gasteiger partial charge on any atom is -0.465 e. The number of alkyl halides is 3. The molecule has 0 radical (unpaired) electrons. The van der Waals surface area contributed by atoms with Crippen molar-refractivity contribution in [2.75, 3.05) is 7.11 Å². The first-order valence-electron chi connectivity index (χ1n) is 4.36. The van der Waals surface area contributed by atoms with E-state index in [-0.39, 0.29) is 0 Å². The quantitative estimate of drug-likeness (QED) is 0.607. The van der Waals surface area contributed by atoms with Gasteiger partial charge in [0.2, 0.25) is 0 Å². The lowest BCUT2D eigenvalue weighted by molar-refractivity contribution is -0.274. The van der Waals surface area contributed by atoms with Crippen LogP contribution in [0.3, 0.4) is 0 Å². The van der Waals surface area contributed by atoms with Crippen LogP contribution >= 0.6 is 0 Å². The number of rotatable bonds is 2. The standard InChI is InChI=1S/C10H5F4NO3/c1-17-9(16)6-2-5(11)3-8(7(6)4-15)18-10(12,13)14/h2-3H,1H3. The molecule has 0 amide bonds. The summed E-state index contributed by atoms with van der Waals surface area (Å²) in [5.74, 6) is -3.39. The van der Waals surface area contributed by atoms with E-state index in [4.69, 9.17) is 5.26 Å². The van der Waals surface area contributed by atoms with E-state index in [1.54, 1.807) is 0 Å². The highest BCUT2D eigenvalue weighted by Crippen LogP contribution is 2.29. The van der Waals surface area contributed by atoms with Crippen molar-refractivity contribution < 1.29 is 31.8 Å². The number of hydrogen-bond donors (Lipinski definition) is 0. The molecular weight excluding hydrogens is 258 g/mol. The van der Waals surface area contributed by atoms with Crippen LogP contribution in [-0.4, -0.2) is 19.4 Å². The van der Waals surface area contributed by atoms with Gasteiger partial charge in [-0.2, -0.15) is 5.26 Å². The van der Waals surface area contributed by atoms with Crippen molar-refractivity contribution in [1.29, 1.82) is 5.26 Å². The summed E-state index contributed by atoms with van der Waals surface area (Å²) < 4.78 is 56.8. The first kappa shape index (κ1) is 13.8. The number of halogens is 4. The molecule has 18 heavy (non-hydrogen) atoms. The number of nitrogens with zero attached hydrogens (tertiary/aromatic N) is 1. The maximum Gasteiger partial charge on any atom is 0.573 e. The summed E-state index contributed by atoms with van der Waals surface area (Å²) in [4.78, 5) is 11.2. The smallest absolute Gasteiger partial charge is 0.465 e. The zero-order valence-electron chi connectivity index (χ0n) is 8.84. The molecule has 1 rings (SSSR count).